The maximum Gasteiger partial charge on any atom is 0.105 e. The van der Waals surface area contributed by atoms with E-state index in [2.05, 4.69) is 42.0 Å². The molecular weight excluding hydrogens is 296 g/mol. The van der Waals surface area contributed by atoms with Crippen molar-refractivity contribution in [2.45, 2.75) is 27.2 Å². The van der Waals surface area contributed by atoms with Gasteiger partial charge in [0.1, 0.15) is 4.99 Å². The maximum absolute atomic E-state index is 5.61. The van der Waals surface area contributed by atoms with Crippen molar-refractivity contribution in [3.8, 4) is 0 Å². The lowest BCUT2D eigenvalue weighted by molar-refractivity contribution is 0.377. The van der Waals surface area contributed by atoms with Crippen molar-refractivity contribution in [2.75, 3.05) is 11.9 Å². The van der Waals surface area contributed by atoms with Crippen LogP contribution in [-0.4, -0.2) is 11.5 Å². The summed E-state index contributed by atoms with van der Waals surface area (Å²) in [5.74, 6) is 0. The Labute approximate surface area is 117 Å². The van der Waals surface area contributed by atoms with E-state index < -0.39 is 0 Å². The summed E-state index contributed by atoms with van der Waals surface area (Å²) < 4.78 is 0.935. The zero-order valence-corrected chi connectivity index (χ0v) is 12.9. The highest BCUT2D eigenvalue weighted by molar-refractivity contribution is 9.10. The average molecular weight is 315 g/mol. The molecule has 0 radical (unpaired) electrons. The summed E-state index contributed by atoms with van der Waals surface area (Å²) in [6, 6.07) is 5.96. The predicted octanol–water partition coefficient (Wildman–Crippen LogP) is 3.93. The molecule has 0 fully saturated rings. The fourth-order valence-corrected chi connectivity index (χ4v) is 2.19. The molecule has 3 N–H and O–H groups in total. The van der Waals surface area contributed by atoms with Gasteiger partial charge >= 0.3 is 0 Å². The lowest BCUT2D eigenvalue weighted by Gasteiger charge is -2.23. The smallest absolute Gasteiger partial charge is 0.105 e. The van der Waals surface area contributed by atoms with Gasteiger partial charge < -0.3 is 11.1 Å². The Hall–Kier alpha value is -0.610. The molecule has 0 spiro atoms. The second kappa shape index (κ2) is 5.83. The molecule has 0 heterocycles. The van der Waals surface area contributed by atoms with Crippen molar-refractivity contribution in [3.63, 3.8) is 0 Å². The Balaban J connectivity index is 2.75. The number of hydrogen-bond acceptors (Lipinski definition) is 2. The minimum Gasteiger partial charge on any atom is -0.389 e. The molecule has 0 bridgehead atoms. The van der Waals surface area contributed by atoms with E-state index in [-0.39, 0.29) is 0 Å². The molecule has 4 heteroatoms. The number of nitrogens with two attached hydrogens (primary N) is 1. The predicted molar refractivity (Wildman–Crippen MR) is 82.6 cm³/mol. The summed E-state index contributed by atoms with van der Waals surface area (Å²) in [6.07, 6.45) is 1.14. The van der Waals surface area contributed by atoms with Crippen LogP contribution in [0.15, 0.2) is 22.7 Å². The monoisotopic (exact) mass is 314 g/mol. The van der Waals surface area contributed by atoms with Crippen LogP contribution in [0.2, 0.25) is 0 Å². The number of anilines is 1. The molecule has 1 aromatic rings. The molecule has 17 heavy (non-hydrogen) atoms. The van der Waals surface area contributed by atoms with Gasteiger partial charge in [0.15, 0.2) is 0 Å². The molecule has 1 aromatic carbocycles. The Bertz CT molecular complexity index is 416. The van der Waals surface area contributed by atoms with E-state index in [4.69, 9.17) is 18.0 Å². The first-order valence-electron chi connectivity index (χ1n) is 5.69. The molecule has 0 aliphatic rings. The summed E-state index contributed by atoms with van der Waals surface area (Å²) in [7, 11) is 0. The third-order valence-electron chi connectivity index (χ3n) is 2.96. The molecule has 1 rings (SSSR count). The standard InChI is InChI=1S/C13H19BrN2S/c1-4-13(2,3)8-16-9-5-6-10(12(15)17)11(14)7-9/h5-7,16H,4,8H2,1-3H3,(H2,15,17). The van der Waals surface area contributed by atoms with Crippen LogP contribution in [0.3, 0.4) is 0 Å². The summed E-state index contributed by atoms with van der Waals surface area (Å²) in [5, 5.41) is 3.43. The largest absolute Gasteiger partial charge is 0.389 e. The first kappa shape index (κ1) is 14.5. The van der Waals surface area contributed by atoms with Crippen LogP contribution in [0.1, 0.15) is 32.8 Å². The molecule has 0 aliphatic carbocycles. The van der Waals surface area contributed by atoms with E-state index in [1.165, 1.54) is 0 Å². The average Bonchev–Trinajstić information content (AvgIpc) is 2.26. The van der Waals surface area contributed by atoms with E-state index in [0.29, 0.717) is 10.4 Å². The van der Waals surface area contributed by atoms with Gasteiger partial charge in [0.05, 0.1) is 0 Å². The van der Waals surface area contributed by atoms with Crippen LogP contribution in [0.25, 0.3) is 0 Å². The number of hydrogen-bond donors (Lipinski definition) is 2. The second-order valence-electron chi connectivity index (χ2n) is 4.93. The van der Waals surface area contributed by atoms with Crippen LogP contribution in [-0.2, 0) is 0 Å². The summed E-state index contributed by atoms with van der Waals surface area (Å²) >= 11 is 8.44. The molecule has 0 saturated heterocycles. The molecule has 0 amide bonds. The molecule has 0 atom stereocenters. The van der Waals surface area contributed by atoms with Crippen molar-refractivity contribution >= 4 is 38.8 Å². The maximum atomic E-state index is 5.61. The van der Waals surface area contributed by atoms with Crippen molar-refractivity contribution in [1.29, 1.82) is 0 Å². The third kappa shape index (κ3) is 4.28. The number of halogens is 1. The number of benzene rings is 1. The Morgan fingerprint density at radius 2 is 2.12 bits per heavy atom. The minimum atomic E-state index is 0.300. The highest BCUT2D eigenvalue weighted by atomic mass is 79.9. The molecular formula is C13H19BrN2S. The first-order chi connectivity index (χ1) is 7.85. The van der Waals surface area contributed by atoms with Crippen molar-refractivity contribution in [3.05, 3.63) is 28.2 Å². The molecule has 94 valence electrons. The van der Waals surface area contributed by atoms with Gasteiger partial charge in [-0.2, -0.15) is 0 Å². The number of thiocarbonyl (C=S) groups is 1. The first-order valence-corrected chi connectivity index (χ1v) is 6.89. The lowest BCUT2D eigenvalue weighted by Crippen LogP contribution is -2.22. The van der Waals surface area contributed by atoms with E-state index in [9.17, 15) is 0 Å². The second-order valence-corrected chi connectivity index (χ2v) is 6.22. The Morgan fingerprint density at radius 1 is 1.47 bits per heavy atom. The fraction of sp³-hybridized carbons (Fsp3) is 0.462. The Morgan fingerprint density at radius 3 is 2.59 bits per heavy atom. The van der Waals surface area contributed by atoms with Crippen LogP contribution >= 0.6 is 28.1 Å². The SMILES string of the molecule is CCC(C)(C)CNc1ccc(C(N)=S)c(Br)c1. The normalized spacial score (nSPS) is 11.3. The van der Waals surface area contributed by atoms with Gasteiger partial charge in [-0.3, -0.25) is 0 Å². The highest BCUT2D eigenvalue weighted by Crippen LogP contribution is 2.24. The van der Waals surface area contributed by atoms with Crippen LogP contribution in [0.4, 0.5) is 5.69 Å². The van der Waals surface area contributed by atoms with Gasteiger partial charge in [0.2, 0.25) is 0 Å². The highest BCUT2D eigenvalue weighted by Gasteiger charge is 2.14. The Kier molecular flexibility index (Phi) is 4.95. The summed E-state index contributed by atoms with van der Waals surface area (Å²) in [5.41, 5.74) is 7.87. The van der Waals surface area contributed by atoms with Crippen molar-refractivity contribution in [2.24, 2.45) is 11.1 Å². The van der Waals surface area contributed by atoms with Gasteiger partial charge in [-0.15, -0.1) is 0 Å². The molecule has 2 nitrogen and oxygen atoms in total. The van der Waals surface area contributed by atoms with Crippen molar-refractivity contribution < 1.29 is 0 Å². The minimum absolute atomic E-state index is 0.300. The van der Waals surface area contributed by atoms with E-state index in [1.807, 2.05) is 18.2 Å². The fourth-order valence-electron chi connectivity index (χ4n) is 1.29. The van der Waals surface area contributed by atoms with Crippen molar-refractivity contribution in [1.82, 2.24) is 0 Å². The van der Waals surface area contributed by atoms with Crippen LogP contribution in [0.5, 0.6) is 0 Å². The van der Waals surface area contributed by atoms with Gasteiger partial charge in [0.25, 0.3) is 0 Å². The zero-order valence-electron chi connectivity index (χ0n) is 10.5. The summed E-state index contributed by atoms with van der Waals surface area (Å²) in [6.45, 7) is 7.65. The van der Waals surface area contributed by atoms with E-state index in [0.717, 1.165) is 28.7 Å². The molecule has 0 aromatic heterocycles. The number of rotatable bonds is 5. The quantitative estimate of drug-likeness (QED) is 0.809. The van der Waals surface area contributed by atoms with Gasteiger partial charge in [0, 0.05) is 22.3 Å². The number of nitrogens with one attached hydrogen (secondary N) is 1. The molecule has 0 aliphatic heterocycles. The molecule has 0 saturated carbocycles. The van der Waals surface area contributed by atoms with Gasteiger partial charge in [-0.25, -0.2) is 0 Å². The zero-order chi connectivity index (χ0) is 13.1. The summed E-state index contributed by atoms with van der Waals surface area (Å²) in [4.78, 5) is 0.414. The third-order valence-corrected chi connectivity index (χ3v) is 3.84. The van der Waals surface area contributed by atoms with Gasteiger partial charge in [-0.1, -0.05) is 33.0 Å². The van der Waals surface area contributed by atoms with E-state index in [1.54, 1.807) is 0 Å². The van der Waals surface area contributed by atoms with Gasteiger partial charge in [-0.05, 0) is 46.0 Å². The topological polar surface area (TPSA) is 38.0 Å². The molecule has 0 unspecified atom stereocenters. The van der Waals surface area contributed by atoms with Crippen LogP contribution < -0.4 is 11.1 Å². The van der Waals surface area contributed by atoms with E-state index >= 15 is 0 Å². The van der Waals surface area contributed by atoms with Crippen LogP contribution in [0, 0.1) is 5.41 Å². The lowest BCUT2D eigenvalue weighted by atomic mass is 9.90.